The van der Waals surface area contributed by atoms with Gasteiger partial charge in [-0.25, -0.2) is 4.98 Å². The first-order valence-electron chi connectivity index (χ1n) is 11.9. The summed E-state index contributed by atoms with van der Waals surface area (Å²) in [5.41, 5.74) is 4.44. The number of aromatic amines is 1. The average Bonchev–Trinajstić information content (AvgIpc) is 3.46. The fourth-order valence-electron chi connectivity index (χ4n) is 4.54. The molecule has 206 valence electrons. The zero-order valence-corrected chi connectivity index (χ0v) is 20.7. The number of aliphatic hydroxyl groups excluding tert-OH is 2. The third kappa shape index (κ3) is 4.33. The highest BCUT2D eigenvalue weighted by Gasteiger charge is 2.44. The van der Waals surface area contributed by atoms with Gasteiger partial charge in [0.05, 0.1) is 19.0 Å². The molecule has 1 saturated heterocycles. The molecule has 1 aliphatic heterocycles. The number of allylic oxidation sites excluding steroid dienone is 2. The van der Waals surface area contributed by atoms with Crippen molar-refractivity contribution in [2.24, 2.45) is 0 Å². The Hall–Kier alpha value is -4.54. The molecular formula is C23H26N8O8. The predicted molar refractivity (Wildman–Crippen MR) is 138 cm³/mol. The van der Waals surface area contributed by atoms with Gasteiger partial charge in [-0.2, -0.15) is 4.98 Å². The Bertz CT molecular complexity index is 1630. The van der Waals surface area contributed by atoms with Crippen molar-refractivity contribution in [3.05, 3.63) is 60.7 Å². The molecule has 0 amide bonds. The number of hydrogen-bond donors (Lipinski definition) is 7. The van der Waals surface area contributed by atoms with Crippen molar-refractivity contribution in [2.75, 3.05) is 43.1 Å². The van der Waals surface area contributed by atoms with E-state index in [1.807, 2.05) is 0 Å². The number of aliphatic hydroxyl groups is 2. The number of nitrogens with two attached hydrogens (primary N) is 1. The predicted octanol–water partition coefficient (Wildman–Crippen LogP) is -2.58. The summed E-state index contributed by atoms with van der Waals surface area (Å²) < 4.78 is 12.2. The number of carbonyl (C=O) groups excluding carboxylic acids is 1. The van der Waals surface area contributed by atoms with Crippen LogP contribution in [0.4, 0.5) is 17.3 Å². The van der Waals surface area contributed by atoms with Gasteiger partial charge in [-0.3, -0.25) is 28.7 Å². The van der Waals surface area contributed by atoms with E-state index in [4.69, 9.17) is 15.2 Å². The standard InChI is InChI=1S/C23H26N8O8/c1-8-14(32)12(19(8)38-2)26-5-3-4-25-10-11(17(35)16(10)34)27-6-9-15(33)18(36)22(39-9)31-7-28-13-20(31)29-23(24)30-21(13)37/h7,9,15,18,22,25-27,33,36H,1,3-6H2,2H3,(H3,24,29,30,37)/t9-,15-,18-,22+/m1/s1. The largest absolute Gasteiger partial charge is 0.494 e. The number of ether oxygens (including phenoxy) is 2. The highest BCUT2D eigenvalue weighted by Crippen LogP contribution is 2.31. The molecule has 39 heavy (non-hydrogen) atoms. The number of methoxy groups -OCH3 is 1. The second kappa shape index (κ2) is 9.97. The van der Waals surface area contributed by atoms with E-state index in [-0.39, 0.29) is 40.8 Å². The molecule has 1 aliphatic carbocycles. The van der Waals surface area contributed by atoms with Crippen LogP contribution in [-0.2, 0) is 14.3 Å². The molecule has 8 N–H and O–H groups in total. The molecule has 5 rings (SSSR count). The van der Waals surface area contributed by atoms with Crippen LogP contribution in [0.5, 0.6) is 0 Å². The smallest absolute Gasteiger partial charge is 0.280 e. The molecule has 0 spiro atoms. The minimum atomic E-state index is -1.41. The van der Waals surface area contributed by atoms with Crippen LogP contribution >= 0.6 is 0 Å². The van der Waals surface area contributed by atoms with Crippen LogP contribution in [0.2, 0.25) is 0 Å². The molecule has 2 aromatic heterocycles. The number of fused-ring (bicyclic) bond motifs is 1. The van der Waals surface area contributed by atoms with Crippen molar-refractivity contribution in [1.82, 2.24) is 24.8 Å². The van der Waals surface area contributed by atoms with Crippen molar-refractivity contribution >= 4 is 34.3 Å². The van der Waals surface area contributed by atoms with E-state index in [2.05, 4.69) is 37.5 Å². The number of nitrogens with zero attached hydrogens (tertiary/aromatic N) is 3. The number of rotatable bonds is 11. The van der Waals surface area contributed by atoms with E-state index in [0.717, 1.165) is 0 Å². The lowest BCUT2D eigenvalue weighted by molar-refractivity contribution is -0.114. The molecule has 3 heterocycles. The monoisotopic (exact) mass is 542 g/mol. The van der Waals surface area contributed by atoms with Crippen molar-refractivity contribution in [3.8, 4) is 0 Å². The summed E-state index contributed by atoms with van der Waals surface area (Å²) in [7, 11) is 1.45. The minimum Gasteiger partial charge on any atom is -0.494 e. The van der Waals surface area contributed by atoms with Crippen molar-refractivity contribution in [2.45, 2.75) is 31.0 Å². The summed E-state index contributed by atoms with van der Waals surface area (Å²) in [5, 5.41) is 29.8. The Morgan fingerprint density at radius 3 is 2.54 bits per heavy atom. The molecule has 2 aliphatic rings. The zero-order valence-electron chi connectivity index (χ0n) is 20.7. The van der Waals surface area contributed by atoms with Gasteiger partial charge in [0, 0.05) is 19.6 Å². The van der Waals surface area contributed by atoms with Gasteiger partial charge in [0.2, 0.25) is 11.7 Å². The number of anilines is 3. The van der Waals surface area contributed by atoms with Crippen LogP contribution in [0.15, 0.2) is 44.3 Å². The van der Waals surface area contributed by atoms with E-state index >= 15 is 0 Å². The quantitative estimate of drug-likeness (QED) is 0.0749. The first kappa shape index (κ1) is 26.1. The van der Waals surface area contributed by atoms with Crippen LogP contribution in [0, 0.1) is 0 Å². The number of carbonyl (C=O) groups is 1. The van der Waals surface area contributed by atoms with Gasteiger partial charge >= 0.3 is 0 Å². The van der Waals surface area contributed by atoms with E-state index < -0.39 is 41.0 Å². The van der Waals surface area contributed by atoms with Crippen molar-refractivity contribution in [1.29, 1.82) is 0 Å². The summed E-state index contributed by atoms with van der Waals surface area (Å²) >= 11 is 0. The van der Waals surface area contributed by atoms with E-state index in [0.29, 0.717) is 36.5 Å². The molecule has 0 radical (unpaired) electrons. The SMILES string of the molecule is C=C1C(=O)C(NCCCNc2c(NC[C@H]3O[C@H](n4cnc5c(=O)[nH]c(N)nc54)[C@H](O)[C@@H]3O)c(=O)c2=O)=C1OC. The first-order chi connectivity index (χ1) is 18.6. The number of Topliss-reactive ketones (excluding diaryl/α,β-unsaturated/α-hetero) is 1. The van der Waals surface area contributed by atoms with Crippen LogP contribution in [0.1, 0.15) is 12.6 Å². The third-order valence-corrected chi connectivity index (χ3v) is 6.62. The molecule has 0 saturated carbocycles. The Morgan fingerprint density at radius 2 is 1.82 bits per heavy atom. The second-order valence-corrected chi connectivity index (χ2v) is 9.03. The number of aromatic nitrogens is 4. The summed E-state index contributed by atoms with van der Waals surface area (Å²) in [6.45, 7) is 4.23. The van der Waals surface area contributed by atoms with Gasteiger partial charge in [0.1, 0.15) is 35.4 Å². The lowest BCUT2D eigenvalue weighted by Crippen LogP contribution is -2.41. The fourth-order valence-corrected chi connectivity index (χ4v) is 4.54. The van der Waals surface area contributed by atoms with Gasteiger partial charge < -0.3 is 41.4 Å². The zero-order chi connectivity index (χ0) is 28.0. The molecule has 1 fully saturated rings. The van der Waals surface area contributed by atoms with Crippen LogP contribution < -0.4 is 38.1 Å². The van der Waals surface area contributed by atoms with Crippen LogP contribution in [0.25, 0.3) is 11.2 Å². The topological polar surface area (TPSA) is 236 Å². The minimum absolute atomic E-state index is 0.0219. The van der Waals surface area contributed by atoms with E-state index in [1.165, 1.54) is 18.0 Å². The fraction of sp³-hybridized carbons (Fsp3) is 0.391. The van der Waals surface area contributed by atoms with Crippen molar-refractivity contribution < 1.29 is 24.5 Å². The number of H-pyrrole nitrogens is 1. The summed E-state index contributed by atoms with van der Waals surface area (Å²) in [6, 6.07) is 0. The van der Waals surface area contributed by atoms with Crippen molar-refractivity contribution in [3.63, 3.8) is 0 Å². The highest BCUT2D eigenvalue weighted by molar-refractivity contribution is 6.18. The number of nitrogens with one attached hydrogen (secondary N) is 4. The van der Waals surface area contributed by atoms with Crippen LogP contribution in [0.3, 0.4) is 0 Å². The van der Waals surface area contributed by atoms with Gasteiger partial charge in [-0.05, 0) is 6.42 Å². The van der Waals surface area contributed by atoms with Gasteiger partial charge in [0.25, 0.3) is 16.4 Å². The number of hydrogen-bond acceptors (Lipinski definition) is 14. The summed E-state index contributed by atoms with van der Waals surface area (Å²) in [4.78, 5) is 58.4. The molecule has 0 bridgehead atoms. The van der Waals surface area contributed by atoms with E-state index in [1.54, 1.807) is 0 Å². The highest BCUT2D eigenvalue weighted by atomic mass is 16.6. The number of imidazole rings is 1. The summed E-state index contributed by atoms with van der Waals surface area (Å²) in [6.07, 6.45) is -3.16. The molecular weight excluding hydrogens is 516 g/mol. The normalized spacial score (nSPS) is 22.9. The maximum absolute atomic E-state index is 12.1. The second-order valence-electron chi connectivity index (χ2n) is 9.03. The van der Waals surface area contributed by atoms with Crippen LogP contribution in [-0.4, -0.2) is 80.6 Å². The molecule has 16 nitrogen and oxygen atoms in total. The molecule has 16 heteroatoms. The third-order valence-electron chi connectivity index (χ3n) is 6.62. The first-order valence-corrected chi connectivity index (χ1v) is 11.9. The maximum Gasteiger partial charge on any atom is 0.280 e. The molecule has 1 aromatic carbocycles. The Labute approximate surface area is 218 Å². The average molecular weight is 543 g/mol. The Morgan fingerprint density at radius 1 is 1.13 bits per heavy atom. The number of ketones is 1. The lowest BCUT2D eigenvalue weighted by Gasteiger charge is -2.24. The molecule has 4 atom stereocenters. The van der Waals surface area contributed by atoms with Gasteiger partial charge in [0.15, 0.2) is 23.2 Å². The molecule has 3 aromatic rings. The number of nitrogen functional groups attached to an aromatic ring is 1. The Kier molecular flexibility index (Phi) is 6.67. The molecule has 0 unspecified atom stereocenters. The van der Waals surface area contributed by atoms with E-state index in [9.17, 15) is 29.4 Å². The van der Waals surface area contributed by atoms with Gasteiger partial charge in [-0.15, -0.1) is 0 Å². The van der Waals surface area contributed by atoms with Gasteiger partial charge in [-0.1, -0.05) is 6.58 Å². The maximum atomic E-state index is 12.1. The summed E-state index contributed by atoms with van der Waals surface area (Å²) in [5.74, 6) is 0.0456. The Balaban J connectivity index is 1.17. The lowest BCUT2D eigenvalue weighted by atomic mass is 9.95.